The van der Waals surface area contributed by atoms with Gasteiger partial charge in [0.15, 0.2) is 0 Å². The van der Waals surface area contributed by atoms with Gasteiger partial charge in [-0.3, -0.25) is 9.59 Å². The zero-order chi connectivity index (χ0) is 18.5. The molecule has 1 spiro atoms. The summed E-state index contributed by atoms with van der Waals surface area (Å²) in [5, 5.41) is 9.66. The number of carbonyl (C=O) groups is 2. The molecule has 0 radical (unpaired) electrons. The van der Waals surface area contributed by atoms with Crippen molar-refractivity contribution in [1.82, 2.24) is 4.90 Å². The monoisotopic (exact) mass is 353 g/mol. The predicted octanol–water partition coefficient (Wildman–Crippen LogP) is 2.43. The van der Waals surface area contributed by atoms with E-state index in [-0.39, 0.29) is 11.9 Å². The van der Waals surface area contributed by atoms with Gasteiger partial charge in [0.05, 0.1) is 18.1 Å². The highest BCUT2D eigenvalue weighted by Crippen LogP contribution is 2.55. The number of carbonyl (C=O) groups excluding carboxylic acids is 1. The minimum absolute atomic E-state index is 0.105. The third kappa shape index (κ3) is 2.42. The van der Waals surface area contributed by atoms with Gasteiger partial charge in [-0.05, 0) is 25.3 Å². The highest BCUT2D eigenvalue weighted by atomic mass is 16.5. The summed E-state index contributed by atoms with van der Waals surface area (Å²) >= 11 is 0. The van der Waals surface area contributed by atoms with E-state index >= 15 is 0 Å². The molecule has 2 fully saturated rings. The Morgan fingerprint density at radius 3 is 2.73 bits per heavy atom. The zero-order valence-corrected chi connectivity index (χ0v) is 14.8. The Labute approximate surface area is 152 Å². The van der Waals surface area contributed by atoms with Crippen LogP contribution in [-0.4, -0.2) is 46.2 Å². The number of rotatable bonds is 6. The van der Waals surface area contributed by atoms with Gasteiger partial charge in [0.2, 0.25) is 5.91 Å². The lowest BCUT2D eigenvalue weighted by Crippen LogP contribution is -2.45. The zero-order valence-electron chi connectivity index (χ0n) is 14.8. The van der Waals surface area contributed by atoms with E-state index in [1.54, 1.807) is 0 Å². The summed E-state index contributed by atoms with van der Waals surface area (Å²) in [4.78, 5) is 26.8. The Hall–Kier alpha value is -2.40. The summed E-state index contributed by atoms with van der Waals surface area (Å²) in [7, 11) is 0. The Morgan fingerprint density at radius 1 is 1.35 bits per heavy atom. The maximum Gasteiger partial charge on any atom is 0.310 e. The topological polar surface area (TPSA) is 66.8 Å². The lowest BCUT2D eigenvalue weighted by Gasteiger charge is -2.33. The van der Waals surface area contributed by atoms with Crippen molar-refractivity contribution < 1.29 is 19.4 Å². The van der Waals surface area contributed by atoms with Gasteiger partial charge >= 0.3 is 5.97 Å². The first-order valence-corrected chi connectivity index (χ1v) is 9.03. The number of hydrogen-bond donors (Lipinski definition) is 1. The van der Waals surface area contributed by atoms with Crippen LogP contribution in [0.5, 0.6) is 0 Å². The van der Waals surface area contributed by atoms with Crippen molar-refractivity contribution in [2.24, 2.45) is 11.8 Å². The number of carboxylic acid groups (broad SMARTS) is 1. The van der Waals surface area contributed by atoms with Crippen LogP contribution in [0.2, 0.25) is 0 Å². The third-order valence-electron chi connectivity index (χ3n) is 5.84. The highest BCUT2D eigenvalue weighted by Gasteiger charge is 2.70. The van der Waals surface area contributed by atoms with Gasteiger partial charge < -0.3 is 14.7 Å². The van der Waals surface area contributed by atoms with E-state index < -0.39 is 29.5 Å². The molecular weight excluding hydrogens is 330 g/mol. The van der Waals surface area contributed by atoms with Crippen molar-refractivity contribution in [2.45, 2.75) is 37.5 Å². The normalized spacial score (nSPS) is 34.3. The van der Waals surface area contributed by atoms with Crippen molar-refractivity contribution in [3.63, 3.8) is 0 Å². The van der Waals surface area contributed by atoms with Gasteiger partial charge in [-0.25, -0.2) is 0 Å². The first-order chi connectivity index (χ1) is 12.4. The van der Waals surface area contributed by atoms with Crippen LogP contribution in [0.3, 0.4) is 0 Å². The molecule has 0 aliphatic carbocycles. The van der Waals surface area contributed by atoms with Crippen LogP contribution in [0.1, 0.15) is 18.9 Å². The molecule has 26 heavy (non-hydrogen) atoms. The molecule has 0 aromatic heterocycles. The lowest BCUT2D eigenvalue weighted by atomic mass is 9.74. The fraction of sp³-hybridized carbons (Fsp3) is 0.429. The molecule has 3 heterocycles. The summed E-state index contributed by atoms with van der Waals surface area (Å²) in [6.45, 7) is 6.49. The van der Waals surface area contributed by atoms with Gasteiger partial charge in [0, 0.05) is 6.54 Å². The molecule has 1 N–H and O–H groups in total. The van der Waals surface area contributed by atoms with E-state index in [0.29, 0.717) is 13.0 Å². The molecular formula is C21H23NO4. The minimum atomic E-state index is -0.960. The molecule has 5 atom stereocenters. The Kier molecular flexibility index (Phi) is 3.99. The largest absolute Gasteiger partial charge is 0.481 e. The van der Waals surface area contributed by atoms with E-state index in [0.717, 1.165) is 17.6 Å². The Morgan fingerprint density at radius 2 is 2.08 bits per heavy atom. The molecule has 0 saturated carbocycles. The van der Waals surface area contributed by atoms with Crippen LogP contribution in [0.4, 0.5) is 0 Å². The first-order valence-electron chi connectivity index (χ1n) is 9.03. The van der Waals surface area contributed by atoms with Crippen LogP contribution in [0.15, 0.2) is 54.6 Å². The summed E-state index contributed by atoms with van der Waals surface area (Å²) in [5.74, 6) is -2.51. The van der Waals surface area contributed by atoms with Crippen LogP contribution >= 0.6 is 0 Å². The van der Waals surface area contributed by atoms with Crippen LogP contribution < -0.4 is 0 Å². The second kappa shape index (κ2) is 6.09. The van der Waals surface area contributed by atoms with Crippen LogP contribution in [0, 0.1) is 11.8 Å². The number of aliphatic carboxylic acids is 1. The number of likely N-dealkylation sites (tertiary alicyclic amines) is 1. The second-order valence-electron chi connectivity index (χ2n) is 7.58. The highest BCUT2D eigenvalue weighted by molar-refractivity contribution is 5.91. The predicted molar refractivity (Wildman–Crippen MR) is 96.4 cm³/mol. The maximum absolute atomic E-state index is 13.2. The number of ether oxygens (including phenoxy) is 1. The van der Waals surface area contributed by atoms with Gasteiger partial charge in [-0.2, -0.15) is 0 Å². The summed E-state index contributed by atoms with van der Waals surface area (Å²) in [6.07, 6.45) is 4.57. The van der Waals surface area contributed by atoms with E-state index in [1.165, 1.54) is 0 Å². The number of benzene rings is 1. The average molecular weight is 353 g/mol. The molecule has 5 nitrogen and oxygen atoms in total. The summed E-state index contributed by atoms with van der Waals surface area (Å²) < 4.78 is 6.13. The summed E-state index contributed by atoms with van der Waals surface area (Å²) in [6, 6.07) is 9.80. The number of carboxylic acids is 1. The van der Waals surface area contributed by atoms with E-state index in [1.807, 2.05) is 54.3 Å². The molecule has 3 aliphatic heterocycles. The quantitative estimate of drug-likeness (QED) is 0.798. The number of fused-ring (bicyclic) bond motifs is 1. The van der Waals surface area contributed by atoms with Gasteiger partial charge in [0.1, 0.15) is 11.5 Å². The average Bonchev–Trinajstić information content (AvgIpc) is 3.24. The van der Waals surface area contributed by atoms with E-state index in [9.17, 15) is 14.7 Å². The van der Waals surface area contributed by atoms with Crippen molar-refractivity contribution in [3.8, 4) is 0 Å². The molecule has 1 aromatic carbocycles. The standard InChI is InChI=1S/C21H23NO4/c1-13(2)12-16-21-10-8-15(26-21)17(20(24)25)18(21)19(23)22(16)11-9-14-6-4-3-5-7-14/h3-8,10,15-18H,1,9,11-12H2,2H3,(H,24,25)/t15-,16+,17+,18-,21+/m0/s1. The molecule has 136 valence electrons. The Bertz CT molecular complexity index is 786. The van der Waals surface area contributed by atoms with E-state index in [2.05, 4.69) is 6.58 Å². The third-order valence-corrected chi connectivity index (χ3v) is 5.84. The molecule has 3 aliphatic rings. The number of amides is 1. The van der Waals surface area contributed by atoms with Crippen LogP contribution in [0.25, 0.3) is 0 Å². The molecule has 1 amide bonds. The van der Waals surface area contributed by atoms with Gasteiger partial charge in [0.25, 0.3) is 0 Å². The van der Waals surface area contributed by atoms with E-state index in [4.69, 9.17) is 4.74 Å². The molecule has 4 rings (SSSR count). The maximum atomic E-state index is 13.2. The minimum Gasteiger partial charge on any atom is -0.481 e. The number of nitrogens with zero attached hydrogens (tertiary/aromatic N) is 1. The fourth-order valence-corrected chi connectivity index (χ4v) is 4.76. The van der Waals surface area contributed by atoms with Crippen molar-refractivity contribution in [3.05, 3.63) is 60.2 Å². The van der Waals surface area contributed by atoms with Gasteiger partial charge in [-0.15, -0.1) is 6.58 Å². The number of hydrogen-bond acceptors (Lipinski definition) is 3. The lowest BCUT2D eigenvalue weighted by molar-refractivity contribution is -0.148. The second-order valence-corrected chi connectivity index (χ2v) is 7.58. The fourth-order valence-electron chi connectivity index (χ4n) is 4.76. The molecule has 5 heteroatoms. The van der Waals surface area contributed by atoms with Crippen molar-refractivity contribution in [1.29, 1.82) is 0 Å². The van der Waals surface area contributed by atoms with Gasteiger partial charge in [-0.1, -0.05) is 48.1 Å². The first kappa shape index (κ1) is 17.0. The smallest absolute Gasteiger partial charge is 0.310 e. The SMILES string of the molecule is C=C(C)C[C@H]1N(CCc2ccccc2)C(=O)[C@@H]2[C@H](C(=O)O)[C@@H]3C=C[C@]21O3. The van der Waals surface area contributed by atoms with Crippen molar-refractivity contribution >= 4 is 11.9 Å². The molecule has 0 unspecified atom stereocenters. The van der Waals surface area contributed by atoms with Crippen molar-refractivity contribution in [2.75, 3.05) is 6.54 Å². The molecule has 1 aromatic rings. The Balaban J connectivity index is 1.65. The molecule has 2 bridgehead atoms. The molecule has 2 saturated heterocycles. The van der Waals surface area contributed by atoms with Crippen LogP contribution in [-0.2, 0) is 20.7 Å². The summed E-state index contributed by atoms with van der Waals surface area (Å²) in [5.41, 5.74) is 1.28.